The summed E-state index contributed by atoms with van der Waals surface area (Å²) >= 11 is 6.04. The number of hydrogen-bond acceptors (Lipinski definition) is 6. The molecular formula is C17H24ClNO5. The predicted octanol–water partition coefficient (Wildman–Crippen LogP) is 0.240. The molecule has 0 radical (unpaired) electrons. The first-order valence-corrected chi connectivity index (χ1v) is 8.63. The van der Waals surface area contributed by atoms with Crippen LogP contribution in [-0.2, 0) is 11.2 Å². The Kier molecular flexibility index (Phi) is 5.06. The second-order valence-electron chi connectivity index (χ2n) is 6.72. The van der Waals surface area contributed by atoms with Crippen LogP contribution in [0.4, 0.5) is 5.69 Å². The Morgan fingerprint density at radius 3 is 2.38 bits per heavy atom. The van der Waals surface area contributed by atoms with Crippen molar-refractivity contribution in [1.29, 1.82) is 0 Å². The third-order valence-corrected chi connectivity index (χ3v) is 5.59. The van der Waals surface area contributed by atoms with Gasteiger partial charge in [-0.3, -0.25) is 0 Å². The molecule has 4 unspecified atom stereocenters. The molecule has 4 N–H and O–H groups in total. The van der Waals surface area contributed by atoms with Crippen LogP contribution in [0, 0.1) is 0 Å². The Bertz CT molecular complexity index is 561. The van der Waals surface area contributed by atoms with Crippen molar-refractivity contribution in [2.75, 3.05) is 31.2 Å². The molecule has 0 saturated carbocycles. The molecule has 3 rings (SSSR count). The van der Waals surface area contributed by atoms with Crippen LogP contribution in [0.25, 0.3) is 0 Å². The molecule has 1 aromatic carbocycles. The highest BCUT2D eigenvalue weighted by atomic mass is 35.5. The molecule has 24 heavy (non-hydrogen) atoms. The zero-order chi connectivity index (χ0) is 17.4. The lowest BCUT2D eigenvalue weighted by Crippen LogP contribution is -2.69. The molecule has 0 bridgehead atoms. The summed E-state index contributed by atoms with van der Waals surface area (Å²) in [6.07, 6.45) is -0.191. The van der Waals surface area contributed by atoms with Crippen molar-refractivity contribution in [2.24, 2.45) is 0 Å². The van der Waals surface area contributed by atoms with Crippen LogP contribution < -0.4 is 4.90 Å². The molecule has 1 aromatic rings. The molecule has 2 fully saturated rings. The van der Waals surface area contributed by atoms with E-state index in [1.54, 1.807) is 0 Å². The van der Waals surface area contributed by atoms with Crippen LogP contribution in [0.5, 0.6) is 0 Å². The molecular weight excluding hydrogens is 334 g/mol. The highest BCUT2D eigenvalue weighted by Crippen LogP contribution is 2.39. The summed E-state index contributed by atoms with van der Waals surface area (Å²) in [7, 11) is 0. The lowest BCUT2D eigenvalue weighted by Gasteiger charge is -2.48. The van der Waals surface area contributed by atoms with Gasteiger partial charge in [-0.2, -0.15) is 0 Å². The summed E-state index contributed by atoms with van der Waals surface area (Å²) in [5.41, 5.74) is 0.0526. The van der Waals surface area contributed by atoms with Crippen molar-refractivity contribution >= 4 is 17.3 Å². The minimum Gasteiger partial charge on any atom is -0.394 e. The van der Waals surface area contributed by atoms with Crippen molar-refractivity contribution in [3.05, 3.63) is 29.8 Å². The molecule has 134 valence electrons. The van der Waals surface area contributed by atoms with E-state index < -0.39 is 29.5 Å². The highest BCUT2D eigenvalue weighted by molar-refractivity contribution is 6.24. The number of ether oxygens (including phenoxy) is 1. The summed E-state index contributed by atoms with van der Waals surface area (Å²) in [6.45, 7) is 1.33. The van der Waals surface area contributed by atoms with Crippen molar-refractivity contribution in [2.45, 2.75) is 42.1 Å². The monoisotopic (exact) mass is 357 g/mol. The number of halogens is 1. The molecule has 0 spiro atoms. The van der Waals surface area contributed by atoms with Gasteiger partial charge in [0.2, 0.25) is 0 Å². The maximum Gasteiger partial charge on any atom is 0.198 e. The van der Waals surface area contributed by atoms with Gasteiger partial charge >= 0.3 is 0 Å². The standard InChI is InChI=1S/C17H24ClNO5/c18-17(23)15(21)14(10-20)24-11-16(17,22)9-12-3-5-13(6-4-12)19-7-1-2-8-19/h3-6,14-15,20-23H,1-2,7-11H2. The number of anilines is 1. The van der Waals surface area contributed by atoms with E-state index in [9.17, 15) is 15.3 Å². The van der Waals surface area contributed by atoms with Crippen molar-refractivity contribution in [1.82, 2.24) is 0 Å². The number of nitrogens with zero attached hydrogens (tertiary/aromatic N) is 1. The molecule has 2 aliphatic rings. The molecule has 0 aromatic heterocycles. The van der Waals surface area contributed by atoms with Crippen LogP contribution >= 0.6 is 11.6 Å². The highest BCUT2D eigenvalue weighted by Gasteiger charge is 2.59. The first-order valence-electron chi connectivity index (χ1n) is 8.25. The van der Waals surface area contributed by atoms with Crippen LogP contribution in [-0.4, -0.2) is 69.6 Å². The van der Waals surface area contributed by atoms with E-state index in [4.69, 9.17) is 21.4 Å². The lowest BCUT2D eigenvalue weighted by molar-refractivity contribution is -0.258. The number of alkyl halides is 1. The van der Waals surface area contributed by atoms with Crippen LogP contribution in [0.2, 0.25) is 0 Å². The molecule has 7 heteroatoms. The largest absolute Gasteiger partial charge is 0.394 e. The fourth-order valence-corrected chi connectivity index (χ4v) is 3.69. The average Bonchev–Trinajstić information content (AvgIpc) is 3.09. The Labute approximate surface area is 146 Å². The molecule has 0 aliphatic carbocycles. The summed E-state index contributed by atoms with van der Waals surface area (Å²) in [5, 5.41) is 38.1. The van der Waals surface area contributed by atoms with E-state index in [1.165, 1.54) is 12.8 Å². The second kappa shape index (κ2) is 6.78. The summed E-state index contributed by atoms with van der Waals surface area (Å²) in [6, 6.07) is 7.72. The van der Waals surface area contributed by atoms with Gasteiger partial charge in [0.15, 0.2) is 5.06 Å². The number of hydrogen-bond donors (Lipinski definition) is 4. The number of benzene rings is 1. The minimum atomic E-state index is -2.30. The first kappa shape index (κ1) is 17.9. The van der Waals surface area contributed by atoms with Gasteiger partial charge in [0.25, 0.3) is 0 Å². The average molecular weight is 358 g/mol. The fourth-order valence-electron chi connectivity index (χ4n) is 3.42. The van der Waals surface area contributed by atoms with Gasteiger partial charge < -0.3 is 30.1 Å². The van der Waals surface area contributed by atoms with E-state index in [0.717, 1.165) is 24.3 Å². The third kappa shape index (κ3) is 3.14. The summed E-state index contributed by atoms with van der Waals surface area (Å²) in [5.74, 6) is 0. The van der Waals surface area contributed by atoms with Gasteiger partial charge in [-0.05, 0) is 30.5 Å². The summed E-state index contributed by atoms with van der Waals surface area (Å²) in [4.78, 5) is 2.30. The fraction of sp³-hybridized carbons (Fsp3) is 0.647. The van der Waals surface area contributed by atoms with Gasteiger partial charge in [-0.15, -0.1) is 0 Å². The predicted molar refractivity (Wildman–Crippen MR) is 90.2 cm³/mol. The van der Waals surface area contributed by atoms with Crippen molar-refractivity contribution < 1.29 is 25.2 Å². The van der Waals surface area contributed by atoms with Crippen molar-refractivity contribution in [3.63, 3.8) is 0 Å². The Hall–Kier alpha value is -0.890. The van der Waals surface area contributed by atoms with Gasteiger partial charge in [0.1, 0.15) is 17.8 Å². The number of aliphatic hydroxyl groups is 4. The maximum absolute atomic E-state index is 10.8. The minimum absolute atomic E-state index is 0.0302. The lowest BCUT2D eigenvalue weighted by atomic mass is 9.82. The topological polar surface area (TPSA) is 93.4 Å². The Morgan fingerprint density at radius 2 is 1.79 bits per heavy atom. The molecule has 6 nitrogen and oxygen atoms in total. The van der Waals surface area contributed by atoms with E-state index in [-0.39, 0.29) is 13.0 Å². The van der Waals surface area contributed by atoms with Gasteiger partial charge in [0, 0.05) is 25.2 Å². The van der Waals surface area contributed by atoms with Crippen LogP contribution in [0.15, 0.2) is 24.3 Å². The van der Waals surface area contributed by atoms with E-state index in [1.807, 2.05) is 24.3 Å². The Morgan fingerprint density at radius 1 is 1.17 bits per heavy atom. The van der Waals surface area contributed by atoms with Crippen molar-refractivity contribution in [3.8, 4) is 0 Å². The number of rotatable bonds is 4. The zero-order valence-electron chi connectivity index (χ0n) is 13.4. The quantitative estimate of drug-likeness (QED) is 0.577. The van der Waals surface area contributed by atoms with Crippen LogP contribution in [0.1, 0.15) is 18.4 Å². The van der Waals surface area contributed by atoms with Gasteiger partial charge in [-0.1, -0.05) is 23.7 Å². The van der Waals surface area contributed by atoms with E-state index in [0.29, 0.717) is 0 Å². The maximum atomic E-state index is 10.8. The normalized spacial score (nSPS) is 37.0. The summed E-state index contributed by atoms with van der Waals surface area (Å²) < 4.78 is 5.27. The number of aliphatic hydroxyl groups excluding tert-OH is 2. The molecule has 2 saturated heterocycles. The Balaban J connectivity index is 1.74. The second-order valence-corrected chi connectivity index (χ2v) is 7.30. The molecule has 2 heterocycles. The molecule has 4 atom stereocenters. The molecule has 2 aliphatic heterocycles. The zero-order valence-corrected chi connectivity index (χ0v) is 14.2. The van der Waals surface area contributed by atoms with Gasteiger partial charge in [0.05, 0.1) is 13.2 Å². The van der Waals surface area contributed by atoms with E-state index >= 15 is 0 Å². The van der Waals surface area contributed by atoms with Gasteiger partial charge in [-0.25, -0.2) is 0 Å². The smallest absolute Gasteiger partial charge is 0.198 e. The molecule has 0 amide bonds. The third-order valence-electron chi connectivity index (χ3n) is 5.02. The van der Waals surface area contributed by atoms with E-state index in [2.05, 4.69) is 4.90 Å². The van der Waals surface area contributed by atoms with Crippen LogP contribution in [0.3, 0.4) is 0 Å². The first-order chi connectivity index (χ1) is 11.4. The SMILES string of the molecule is OCC1OCC(O)(Cc2ccc(N3CCCC3)cc2)C(O)(Cl)C1O.